The van der Waals surface area contributed by atoms with Crippen LogP contribution in [0.4, 0.5) is 0 Å². The molecule has 2 N–H and O–H groups in total. The summed E-state index contributed by atoms with van der Waals surface area (Å²) in [6, 6.07) is 8.63. The number of hydrogen-bond acceptors (Lipinski definition) is 3. The summed E-state index contributed by atoms with van der Waals surface area (Å²) in [6.07, 6.45) is 5.67. The van der Waals surface area contributed by atoms with Gasteiger partial charge in [0.1, 0.15) is 0 Å². The number of aryl methyl sites for hydroxylation is 1. The molecular formula is C17H27NO2. The Morgan fingerprint density at radius 2 is 2.20 bits per heavy atom. The molecule has 1 aromatic carbocycles. The first-order valence-corrected chi connectivity index (χ1v) is 7.68. The second-order valence-electron chi connectivity index (χ2n) is 6.02. The van der Waals surface area contributed by atoms with E-state index in [1.54, 1.807) is 0 Å². The van der Waals surface area contributed by atoms with Crippen molar-refractivity contribution in [2.24, 2.45) is 0 Å². The van der Waals surface area contributed by atoms with Crippen molar-refractivity contribution in [1.29, 1.82) is 0 Å². The maximum atomic E-state index is 9.36. The lowest BCUT2D eigenvalue weighted by Gasteiger charge is -2.28. The number of nitrogens with one attached hydrogen (secondary N) is 1. The second-order valence-corrected chi connectivity index (χ2v) is 6.02. The predicted molar refractivity (Wildman–Crippen MR) is 81.9 cm³/mol. The molecular weight excluding hydrogens is 250 g/mol. The van der Waals surface area contributed by atoms with Gasteiger partial charge in [0.05, 0.1) is 12.7 Å². The molecule has 0 fully saturated rings. The summed E-state index contributed by atoms with van der Waals surface area (Å²) >= 11 is 0. The van der Waals surface area contributed by atoms with Crippen LogP contribution < -0.4 is 5.32 Å². The van der Waals surface area contributed by atoms with E-state index in [0.29, 0.717) is 0 Å². The lowest BCUT2D eigenvalue weighted by Crippen LogP contribution is -2.43. The number of hydrogen-bond donors (Lipinski definition) is 2. The second kappa shape index (κ2) is 7.21. The van der Waals surface area contributed by atoms with Gasteiger partial charge in [0, 0.05) is 12.1 Å². The molecule has 1 aliphatic rings. The molecule has 0 amide bonds. The van der Waals surface area contributed by atoms with E-state index >= 15 is 0 Å². The highest BCUT2D eigenvalue weighted by molar-refractivity contribution is 5.31. The number of ether oxygens (including phenoxy) is 1. The Bertz CT molecular complexity index is 415. The van der Waals surface area contributed by atoms with Crippen molar-refractivity contribution >= 4 is 0 Å². The van der Waals surface area contributed by atoms with Gasteiger partial charge < -0.3 is 15.2 Å². The summed E-state index contributed by atoms with van der Waals surface area (Å²) in [5.41, 5.74) is 2.63. The number of fused-ring (bicyclic) bond motifs is 1. The molecule has 2 unspecified atom stereocenters. The maximum Gasteiger partial charge on any atom is 0.0827 e. The van der Waals surface area contributed by atoms with Crippen molar-refractivity contribution in [3.05, 3.63) is 35.4 Å². The van der Waals surface area contributed by atoms with Crippen LogP contribution in [0.1, 0.15) is 49.8 Å². The van der Waals surface area contributed by atoms with Crippen LogP contribution >= 0.6 is 0 Å². The predicted octanol–water partition coefficient (Wildman–Crippen LogP) is 2.83. The van der Waals surface area contributed by atoms with Gasteiger partial charge in [-0.1, -0.05) is 24.3 Å². The van der Waals surface area contributed by atoms with Crippen molar-refractivity contribution in [3.8, 4) is 0 Å². The summed E-state index contributed by atoms with van der Waals surface area (Å²) < 4.78 is 6.08. The van der Waals surface area contributed by atoms with Gasteiger partial charge in [-0.05, 0) is 57.2 Å². The largest absolute Gasteiger partial charge is 0.394 e. The highest BCUT2D eigenvalue weighted by Gasteiger charge is 2.22. The SMILES string of the molecule is CNC(C)(CO)CCCOC1CCCc2ccccc21. The normalized spacial score (nSPS) is 21.2. The number of aliphatic hydroxyl groups excluding tert-OH is 1. The smallest absolute Gasteiger partial charge is 0.0827 e. The summed E-state index contributed by atoms with van der Waals surface area (Å²) in [6.45, 7) is 2.97. The third kappa shape index (κ3) is 3.81. The Kier molecular flexibility index (Phi) is 5.58. The molecule has 2 atom stereocenters. The van der Waals surface area contributed by atoms with Gasteiger partial charge >= 0.3 is 0 Å². The van der Waals surface area contributed by atoms with Gasteiger partial charge in [0.15, 0.2) is 0 Å². The van der Waals surface area contributed by atoms with E-state index < -0.39 is 0 Å². The van der Waals surface area contributed by atoms with E-state index in [4.69, 9.17) is 4.74 Å². The van der Waals surface area contributed by atoms with Gasteiger partial charge in [0.2, 0.25) is 0 Å². The summed E-state index contributed by atoms with van der Waals surface area (Å²) in [7, 11) is 1.90. The minimum Gasteiger partial charge on any atom is -0.394 e. The third-order valence-corrected chi connectivity index (χ3v) is 4.46. The van der Waals surface area contributed by atoms with Crippen LogP contribution in [-0.2, 0) is 11.2 Å². The van der Waals surface area contributed by atoms with Crippen LogP contribution in [0, 0.1) is 0 Å². The molecule has 0 radical (unpaired) electrons. The first kappa shape index (κ1) is 15.5. The first-order valence-electron chi connectivity index (χ1n) is 7.68. The third-order valence-electron chi connectivity index (χ3n) is 4.46. The zero-order valence-electron chi connectivity index (χ0n) is 12.7. The first-order chi connectivity index (χ1) is 9.68. The minimum absolute atomic E-state index is 0.162. The molecule has 1 aromatic rings. The summed E-state index contributed by atoms with van der Waals surface area (Å²) in [5, 5.41) is 12.5. The molecule has 0 saturated carbocycles. The molecule has 1 aliphatic carbocycles. The van der Waals surface area contributed by atoms with Gasteiger partial charge in [-0.15, -0.1) is 0 Å². The van der Waals surface area contributed by atoms with E-state index in [-0.39, 0.29) is 18.2 Å². The number of aliphatic hydroxyl groups is 1. The highest BCUT2D eigenvalue weighted by Crippen LogP contribution is 2.32. The van der Waals surface area contributed by atoms with Crippen LogP contribution in [0.25, 0.3) is 0 Å². The Labute approximate surface area is 122 Å². The molecule has 0 spiro atoms. The summed E-state index contributed by atoms with van der Waals surface area (Å²) in [4.78, 5) is 0. The van der Waals surface area contributed by atoms with Crippen molar-refractivity contribution in [2.45, 2.75) is 50.7 Å². The van der Waals surface area contributed by atoms with E-state index in [9.17, 15) is 5.11 Å². The van der Waals surface area contributed by atoms with Crippen LogP contribution in [0.15, 0.2) is 24.3 Å². The van der Waals surface area contributed by atoms with Crippen LogP contribution in [0.2, 0.25) is 0 Å². The Morgan fingerprint density at radius 3 is 2.95 bits per heavy atom. The molecule has 0 aliphatic heterocycles. The zero-order valence-corrected chi connectivity index (χ0v) is 12.7. The van der Waals surface area contributed by atoms with E-state index in [0.717, 1.165) is 25.9 Å². The van der Waals surface area contributed by atoms with Crippen molar-refractivity contribution in [3.63, 3.8) is 0 Å². The van der Waals surface area contributed by atoms with Crippen molar-refractivity contribution in [1.82, 2.24) is 5.32 Å². The maximum absolute atomic E-state index is 9.36. The molecule has 20 heavy (non-hydrogen) atoms. The van der Waals surface area contributed by atoms with E-state index in [1.165, 1.54) is 24.0 Å². The lowest BCUT2D eigenvalue weighted by molar-refractivity contribution is 0.0333. The quantitative estimate of drug-likeness (QED) is 0.753. The molecule has 3 nitrogen and oxygen atoms in total. The number of likely N-dealkylation sites (N-methyl/N-ethyl adjacent to an activating group) is 1. The van der Waals surface area contributed by atoms with Gasteiger partial charge in [-0.3, -0.25) is 0 Å². The Balaban J connectivity index is 1.81. The average Bonchev–Trinajstić information content (AvgIpc) is 2.51. The number of rotatable bonds is 7. The Hall–Kier alpha value is -0.900. The molecule has 0 saturated heterocycles. The highest BCUT2D eigenvalue weighted by atomic mass is 16.5. The topological polar surface area (TPSA) is 41.5 Å². The van der Waals surface area contributed by atoms with Crippen molar-refractivity contribution in [2.75, 3.05) is 20.3 Å². The molecule has 0 heterocycles. The van der Waals surface area contributed by atoms with Gasteiger partial charge in [0.25, 0.3) is 0 Å². The average molecular weight is 277 g/mol. The van der Waals surface area contributed by atoms with Crippen molar-refractivity contribution < 1.29 is 9.84 Å². The van der Waals surface area contributed by atoms with E-state index in [2.05, 4.69) is 29.6 Å². The fraction of sp³-hybridized carbons (Fsp3) is 0.647. The lowest BCUT2D eigenvalue weighted by atomic mass is 9.89. The van der Waals surface area contributed by atoms with E-state index in [1.807, 2.05) is 14.0 Å². The standard InChI is InChI=1S/C17H27NO2/c1-17(13-19,18-2)11-6-12-20-16-10-5-8-14-7-3-4-9-15(14)16/h3-4,7,9,16,18-19H,5-6,8,10-13H2,1-2H3. The molecule has 0 aromatic heterocycles. The van der Waals surface area contributed by atoms with Crippen LogP contribution in [0.5, 0.6) is 0 Å². The molecule has 3 heteroatoms. The fourth-order valence-electron chi connectivity index (χ4n) is 2.85. The minimum atomic E-state index is -0.187. The Morgan fingerprint density at radius 1 is 1.40 bits per heavy atom. The molecule has 0 bridgehead atoms. The zero-order chi connectivity index (χ0) is 14.4. The monoisotopic (exact) mass is 277 g/mol. The molecule has 2 rings (SSSR count). The van der Waals surface area contributed by atoms with Gasteiger partial charge in [-0.25, -0.2) is 0 Å². The van der Waals surface area contributed by atoms with Crippen LogP contribution in [0.3, 0.4) is 0 Å². The fourth-order valence-corrected chi connectivity index (χ4v) is 2.85. The van der Waals surface area contributed by atoms with Crippen LogP contribution in [-0.4, -0.2) is 30.9 Å². The molecule has 112 valence electrons. The summed E-state index contributed by atoms with van der Waals surface area (Å²) in [5.74, 6) is 0. The number of benzene rings is 1. The van der Waals surface area contributed by atoms with Gasteiger partial charge in [-0.2, -0.15) is 0 Å².